The number of thioether (sulfide) groups is 1. The number of rotatable bonds is 29. The van der Waals surface area contributed by atoms with Gasteiger partial charge in [0.05, 0.1) is 29.8 Å². The largest absolute Gasteiger partial charge is 0.414 e. The molecule has 3 atom stereocenters. The first kappa shape index (κ1) is 49.4. The van der Waals surface area contributed by atoms with Gasteiger partial charge in [0, 0.05) is 58.7 Å². The van der Waals surface area contributed by atoms with Crippen molar-refractivity contribution in [3.8, 4) is 5.75 Å². The number of ether oxygens (including phenoxy) is 4. The summed E-state index contributed by atoms with van der Waals surface area (Å²) in [5.41, 5.74) is 6.01. The zero-order valence-electron chi connectivity index (χ0n) is 35.9. The normalized spacial score (nSPS) is 16.1. The minimum Gasteiger partial charge on any atom is -0.410 e. The van der Waals surface area contributed by atoms with Crippen LogP contribution in [0.5, 0.6) is 5.75 Å². The Kier molecular flexibility index (Phi) is 22.6. The van der Waals surface area contributed by atoms with Gasteiger partial charge in [0.15, 0.2) is 0 Å². The second-order valence-corrected chi connectivity index (χ2v) is 17.6. The molecule has 56 heavy (non-hydrogen) atoms. The Morgan fingerprint density at radius 2 is 1.71 bits per heavy atom. The van der Waals surface area contributed by atoms with Crippen molar-refractivity contribution >= 4 is 35.6 Å². The van der Waals surface area contributed by atoms with Crippen molar-refractivity contribution in [2.24, 2.45) is 11.7 Å². The topological polar surface area (TPSA) is 153 Å². The van der Waals surface area contributed by atoms with Gasteiger partial charge < -0.3 is 39.8 Å². The van der Waals surface area contributed by atoms with E-state index in [1.807, 2.05) is 59.1 Å². The summed E-state index contributed by atoms with van der Waals surface area (Å²) in [7, 11) is 5.78. The number of nitrogens with one attached hydrogen (secondary N) is 1. The quantitative estimate of drug-likeness (QED) is 0.0554. The van der Waals surface area contributed by atoms with Crippen molar-refractivity contribution in [3.63, 3.8) is 0 Å². The molecular weight excluding hydrogens is 735 g/mol. The average molecular weight is 808 g/mol. The first-order valence-corrected chi connectivity index (χ1v) is 21.5. The fraction of sp³-hybridized carbons (Fsp3) is 0.762. The molecule has 1 aromatic rings. The maximum atomic E-state index is 13.0. The highest BCUT2D eigenvalue weighted by molar-refractivity contribution is 8.00. The van der Waals surface area contributed by atoms with Crippen LogP contribution in [0.4, 0.5) is 4.79 Å². The van der Waals surface area contributed by atoms with Gasteiger partial charge in [-0.25, -0.2) is 4.79 Å². The van der Waals surface area contributed by atoms with Gasteiger partial charge in [0.2, 0.25) is 17.7 Å². The fourth-order valence-electron chi connectivity index (χ4n) is 6.70. The molecule has 13 nitrogen and oxygen atoms in total. The summed E-state index contributed by atoms with van der Waals surface area (Å²) in [5.74, 6) is 1.20. The van der Waals surface area contributed by atoms with Crippen LogP contribution in [-0.4, -0.2) is 135 Å². The Hall–Kier alpha value is -2.75. The van der Waals surface area contributed by atoms with E-state index in [-0.39, 0.29) is 61.1 Å². The van der Waals surface area contributed by atoms with E-state index in [1.54, 1.807) is 23.7 Å². The third-order valence-corrected chi connectivity index (χ3v) is 11.5. The number of benzene rings is 1. The van der Waals surface area contributed by atoms with Gasteiger partial charge in [0.1, 0.15) is 5.75 Å². The number of carbonyl (C=O) groups excluding carboxylic acids is 4. The first-order chi connectivity index (χ1) is 26.5. The van der Waals surface area contributed by atoms with Gasteiger partial charge in [0.25, 0.3) is 0 Å². The molecule has 3 N–H and O–H groups in total. The van der Waals surface area contributed by atoms with Crippen LogP contribution in [0.15, 0.2) is 24.3 Å². The molecular formula is C42H73N5O8S. The van der Waals surface area contributed by atoms with Crippen LogP contribution in [0.25, 0.3) is 0 Å². The number of likely N-dealkylation sites (tertiary alicyclic amines) is 1. The second kappa shape index (κ2) is 25.6. The minimum atomic E-state index is -0.414. The van der Waals surface area contributed by atoms with E-state index in [2.05, 4.69) is 31.0 Å². The van der Waals surface area contributed by atoms with Gasteiger partial charge in [-0.3, -0.25) is 19.3 Å². The molecule has 3 unspecified atom stereocenters. The highest BCUT2D eigenvalue weighted by Gasteiger charge is 2.39. The molecule has 1 heterocycles. The molecule has 0 aliphatic carbocycles. The second-order valence-electron chi connectivity index (χ2n) is 16.2. The lowest BCUT2D eigenvalue weighted by atomic mass is 9.82. The lowest BCUT2D eigenvalue weighted by molar-refractivity contribution is -0.138. The highest BCUT2D eigenvalue weighted by Crippen LogP contribution is 2.32. The summed E-state index contributed by atoms with van der Waals surface area (Å²) >= 11 is 1.54. The molecule has 0 spiro atoms. The molecule has 14 heteroatoms. The molecule has 1 fully saturated rings. The van der Waals surface area contributed by atoms with Crippen molar-refractivity contribution in [2.75, 3.05) is 79.6 Å². The van der Waals surface area contributed by atoms with Crippen molar-refractivity contribution in [1.82, 2.24) is 20.0 Å². The van der Waals surface area contributed by atoms with Crippen LogP contribution >= 0.6 is 11.8 Å². The van der Waals surface area contributed by atoms with Crippen LogP contribution in [0.2, 0.25) is 0 Å². The molecule has 1 saturated heterocycles. The van der Waals surface area contributed by atoms with E-state index < -0.39 is 11.2 Å². The standard InChI is InChI=1S/C42H73N5O8S/c1-10-53-42(5,6)34(29-41(3,4)54-31-43)30-52-26-14-22-44-37(48)21-25-47-38(49)28-36(39(47)50)56-27-13-11-12-16-32(2)33-17-19-35(20-18-33)55-40(51)46(9)24-15-23-45(7)8/h17-20,32,34,36H,10-16,21-31,43H2,1-9H3,(H,44,48). The van der Waals surface area contributed by atoms with Gasteiger partial charge in [-0.15, -0.1) is 11.8 Å². The zero-order valence-corrected chi connectivity index (χ0v) is 36.7. The predicted molar refractivity (Wildman–Crippen MR) is 224 cm³/mol. The van der Waals surface area contributed by atoms with Gasteiger partial charge >= 0.3 is 6.09 Å². The lowest BCUT2D eigenvalue weighted by Crippen LogP contribution is -2.43. The molecule has 1 aromatic carbocycles. The molecule has 1 aliphatic rings. The van der Waals surface area contributed by atoms with Crippen LogP contribution in [-0.2, 0) is 28.6 Å². The molecule has 0 aromatic heterocycles. The average Bonchev–Trinajstić information content (AvgIpc) is 3.40. The van der Waals surface area contributed by atoms with Gasteiger partial charge in [-0.1, -0.05) is 31.9 Å². The zero-order chi connectivity index (χ0) is 41.7. The number of nitrogens with two attached hydrogens (primary N) is 1. The Morgan fingerprint density at radius 3 is 2.38 bits per heavy atom. The van der Waals surface area contributed by atoms with Crippen molar-refractivity contribution in [3.05, 3.63) is 29.8 Å². The lowest BCUT2D eigenvalue weighted by Gasteiger charge is -2.38. The highest BCUT2D eigenvalue weighted by atomic mass is 32.2. The summed E-state index contributed by atoms with van der Waals surface area (Å²) < 4.78 is 23.2. The van der Waals surface area contributed by atoms with E-state index in [1.165, 1.54) is 10.5 Å². The summed E-state index contributed by atoms with van der Waals surface area (Å²) in [4.78, 5) is 55.4. The van der Waals surface area contributed by atoms with Crippen molar-refractivity contribution in [2.45, 2.75) is 122 Å². The van der Waals surface area contributed by atoms with Gasteiger partial charge in [-0.2, -0.15) is 0 Å². The van der Waals surface area contributed by atoms with E-state index in [0.717, 1.165) is 50.8 Å². The third-order valence-electron chi connectivity index (χ3n) is 10.2. The molecule has 4 amide bonds. The number of hydrogen-bond acceptors (Lipinski definition) is 11. The molecule has 0 radical (unpaired) electrons. The van der Waals surface area contributed by atoms with Crippen LogP contribution in [0, 0.1) is 5.92 Å². The Morgan fingerprint density at radius 1 is 1.00 bits per heavy atom. The van der Waals surface area contributed by atoms with Crippen molar-refractivity contribution in [1.29, 1.82) is 0 Å². The number of nitrogens with zero attached hydrogens (tertiary/aromatic N) is 3. The maximum Gasteiger partial charge on any atom is 0.414 e. The molecule has 2 rings (SSSR count). The summed E-state index contributed by atoms with van der Waals surface area (Å²) in [6, 6.07) is 7.75. The summed E-state index contributed by atoms with van der Waals surface area (Å²) in [6.45, 7) is 16.1. The van der Waals surface area contributed by atoms with Gasteiger partial charge in [-0.05, 0) is 117 Å². The molecule has 0 saturated carbocycles. The van der Waals surface area contributed by atoms with E-state index in [0.29, 0.717) is 51.0 Å². The van der Waals surface area contributed by atoms with Crippen LogP contribution in [0.1, 0.15) is 111 Å². The molecule has 1 aliphatic heterocycles. The third kappa shape index (κ3) is 18.7. The maximum absolute atomic E-state index is 13.0. The summed E-state index contributed by atoms with van der Waals surface area (Å²) in [6.07, 6.45) is 6.23. The fourth-order valence-corrected chi connectivity index (χ4v) is 7.89. The molecule has 320 valence electrons. The number of carbonyl (C=O) groups is 4. The van der Waals surface area contributed by atoms with E-state index in [4.69, 9.17) is 24.7 Å². The Balaban J connectivity index is 1.61. The van der Waals surface area contributed by atoms with Crippen molar-refractivity contribution < 1.29 is 38.1 Å². The SMILES string of the molecule is CCOC(C)(C)C(COCCCNC(=O)CCN1C(=O)CC(SCCCCCC(C)c2ccc(OC(=O)N(C)CCCN(C)C)cc2)C1=O)CC(C)(C)OCN. The van der Waals surface area contributed by atoms with E-state index in [9.17, 15) is 19.2 Å². The first-order valence-electron chi connectivity index (χ1n) is 20.5. The molecule has 0 bridgehead atoms. The Labute approximate surface area is 341 Å². The monoisotopic (exact) mass is 808 g/mol. The predicted octanol–water partition coefficient (Wildman–Crippen LogP) is 6.04. The Bertz CT molecular complexity index is 1330. The number of imide groups is 1. The number of amides is 4. The summed E-state index contributed by atoms with van der Waals surface area (Å²) in [5, 5.41) is 2.50. The van der Waals surface area contributed by atoms with E-state index >= 15 is 0 Å². The number of hydrogen-bond donors (Lipinski definition) is 2. The smallest absolute Gasteiger partial charge is 0.410 e. The van der Waals surface area contributed by atoms with Crippen LogP contribution in [0.3, 0.4) is 0 Å². The van der Waals surface area contributed by atoms with Crippen LogP contribution < -0.4 is 15.8 Å². The number of unbranched alkanes of at least 4 members (excludes halogenated alkanes) is 2. The minimum absolute atomic E-state index is 0.0806.